The van der Waals surface area contributed by atoms with E-state index in [-0.39, 0.29) is 0 Å². The van der Waals surface area contributed by atoms with Crippen LogP contribution in [0.2, 0.25) is 0 Å². The minimum Gasteiger partial charge on any atom is -0.314 e. The van der Waals surface area contributed by atoms with Crippen LogP contribution in [0.4, 0.5) is 0 Å². The van der Waals surface area contributed by atoms with Crippen LogP contribution in [0.15, 0.2) is 30.3 Å². The molecule has 2 aliphatic rings. The monoisotopic (exact) mass is 230 g/mol. The molecule has 1 saturated heterocycles. The standard InChI is InChI=1S/C15H22N2/c1-15(2)10-14(15)17-9-8-16-11-13(17)12-6-4-3-5-7-12/h3-7,13-14,16H,8-11H2,1-2H3. The minimum absolute atomic E-state index is 0.532. The van der Waals surface area contributed by atoms with Crippen LogP contribution in [0.25, 0.3) is 0 Å². The first-order valence-electron chi connectivity index (χ1n) is 6.70. The molecule has 3 rings (SSSR count). The van der Waals surface area contributed by atoms with Gasteiger partial charge in [-0.1, -0.05) is 44.2 Å². The van der Waals surface area contributed by atoms with Crippen molar-refractivity contribution >= 4 is 0 Å². The SMILES string of the molecule is CC1(C)CC1N1CCNCC1c1ccccc1. The van der Waals surface area contributed by atoms with Crippen LogP contribution in [-0.4, -0.2) is 30.6 Å². The second-order valence-electron chi connectivity index (χ2n) is 6.08. The zero-order chi connectivity index (χ0) is 11.9. The third-order valence-corrected chi connectivity index (χ3v) is 4.33. The van der Waals surface area contributed by atoms with Gasteiger partial charge in [0.2, 0.25) is 0 Å². The van der Waals surface area contributed by atoms with Gasteiger partial charge in [0, 0.05) is 31.7 Å². The Bertz CT molecular complexity index is 385. The van der Waals surface area contributed by atoms with Gasteiger partial charge in [-0.3, -0.25) is 4.90 Å². The highest BCUT2D eigenvalue weighted by molar-refractivity contribution is 5.21. The first-order valence-corrected chi connectivity index (χ1v) is 6.70. The Morgan fingerprint density at radius 1 is 1.24 bits per heavy atom. The van der Waals surface area contributed by atoms with Gasteiger partial charge in [0.25, 0.3) is 0 Å². The van der Waals surface area contributed by atoms with E-state index in [0.29, 0.717) is 11.5 Å². The summed E-state index contributed by atoms with van der Waals surface area (Å²) in [5.74, 6) is 0. The highest BCUT2D eigenvalue weighted by Gasteiger charge is 2.51. The summed E-state index contributed by atoms with van der Waals surface area (Å²) in [5.41, 5.74) is 1.99. The second-order valence-corrected chi connectivity index (χ2v) is 6.08. The lowest BCUT2D eigenvalue weighted by Crippen LogP contribution is -2.47. The van der Waals surface area contributed by atoms with Crippen molar-refractivity contribution in [1.82, 2.24) is 10.2 Å². The van der Waals surface area contributed by atoms with Crippen LogP contribution in [0.5, 0.6) is 0 Å². The Hall–Kier alpha value is -0.860. The molecule has 92 valence electrons. The summed E-state index contributed by atoms with van der Waals surface area (Å²) in [7, 11) is 0. The molecule has 2 fully saturated rings. The number of piperazine rings is 1. The first kappa shape index (κ1) is 11.2. The molecule has 1 N–H and O–H groups in total. The third kappa shape index (κ3) is 2.12. The van der Waals surface area contributed by atoms with Crippen molar-refractivity contribution in [1.29, 1.82) is 0 Å². The van der Waals surface area contributed by atoms with E-state index in [1.54, 1.807) is 0 Å². The molecular weight excluding hydrogens is 208 g/mol. The van der Waals surface area contributed by atoms with Gasteiger partial charge < -0.3 is 5.32 Å². The van der Waals surface area contributed by atoms with Crippen molar-refractivity contribution in [3.63, 3.8) is 0 Å². The molecule has 1 aromatic carbocycles. The third-order valence-electron chi connectivity index (χ3n) is 4.33. The molecule has 0 aromatic heterocycles. The van der Waals surface area contributed by atoms with Gasteiger partial charge in [-0.15, -0.1) is 0 Å². The van der Waals surface area contributed by atoms with E-state index in [9.17, 15) is 0 Å². The zero-order valence-electron chi connectivity index (χ0n) is 10.8. The van der Waals surface area contributed by atoms with Gasteiger partial charge in [-0.05, 0) is 17.4 Å². The summed E-state index contributed by atoms with van der Waals surface area (Å²) in [6.45, 7) is 8.20. The number of benzene rings is 1. The van der Waals surface area contributed by atoms with Gasteiger partial charge in [0.05, 0.1) is 0 Å². The molecule has 0 spiro atoms. The fourth-order valence-corrected chi connectivity index (χ4v) is 3.08. The average molecular weight is 230 g/mol. The Balaban J connectivity index is 1.81. The topological polar surface area (TPSA) is 15.3 Å². The molecule has 17 heavy (non-hydrogen) atoms. The minimum atomic E-state index is 0.532. The summed E-state index contributed by atoms with van der Waals surface area (Å²) in [6, 6.07) is 12.3. The van der Waals surface area contributed by atoms with E-state index in [2.05, 4.69) is 54.4 Å². The van der Waals surface area contributed by atoms with Crippen molar-refractivity contribution in [3.05, 3.63) is 35.9 Å². The number of nitrogens with one attached hydrogen (secondary N) is 1. The Labute approximate surface area is 104 Å². The summed E-state index contributed by atoms with van der Waals surface area (Å²) in [5, 5.41) is 3.53. The highest BCUT2D eigenvalue weighted by Crippen LogP contribution is 2.51. The lowest BCUT2D eigenvalue weighted by atomic mass is 10.0. The zero-order valence-corrected chi connectivity index (χ0v) is 10.8. The van der Waals surface area contributed by atoms with E-state index >= 15 is 0 Å². The molecular formula is C15H22N2. The van der Waals surface area contributed by atoms with Crippen molar-refractivity contribution in [3.8, 4) is 0 Å². The van der Waals surface area contributed by atoms with E-state index in [1.165, 1.54) is 18.5 Å². The number of nitrogens with zero attached hydrogens (tertiary/aromatic N) is 1. The molecule has 1 heterocycles. The molecule has 2 unspecified atom stereocenters. The molecule has 0 amide bonds. The van der Waals surface area contributed by atoms with Crippen LogP contribution in [0, 0.1) is 5.41 Å². The van der Waals surface area contributed by atoms with Crippen LogP contribution in [-0.2, 0) is 0 Å². The molecule has 2 atom stereocenters. The first-order chi connectivity index (χ1) is 8.18. The summed E-state index contributed by atoms with van der Waals surface area (Å²) in [6.07, 6.45) is 1.36. The van der Waals surface area contributed by atoms with Crippen LogP contribution in [0.1, 0.15) is 31.9 Å². The summed E-state index contributed by atoms with van der Waals surface area (Å²) < 4.78 is 0. The smallest absolute Gasteiger partial charge is 0.0476 e. The molecule has 1 saturated carbocycles. The van der Waals surface area contributed by atoms with E-state index in [4.69, 9.17) is 0 Å². The van der Waals surface area contributed by atoms with E-state index in [0.717, 1.165) is 19.1 Å². The van der Waals surface area contributed by atoms with Crippen LogP contribution >= 0.6 is 0 Å². The number of rotatable bonds is 2. The van der Waals surface area contributed by atoms with Gasteiger partial charge in [0.1, 0.15) is 0 Å². The predicted molar refractivity (Wildman–Crippen MR) is 70.9 cm³/mol. The molecule has 1 aromatic rings. The predicted octanol–water partition coefficient (Wildman–Crippen LogP) is 2.43. The largest absolute Gasteiger partial charge is 0.314 e. The molecule has 1 aliphatic heterocycles. The highest BCUT2D eigenvalue weighted by atomic mass is 15.3. The fourth-order valence-electron chi connectivity index (χ4n) is 3.08. The molecule has 1 aliphatic carbocycles. The Kier molecular flexibility index (Phi) is 2.72. The quantitative estimate of drug-likeness (QED) is 0.839. The average Bonchev–Trinajstić information content (AvgIpc) is 2.99. The molecule has 0 bridgehead atoms. The van der Waals surface area contributed by atoms with Crippen LogP contribution in [0.3, 0.4) is 0 Å². The number of hydrogen-bond donors (Lipinski definition) is 1. The van der Waals surface area contributed by atoms with Gasteiger partial charge in [-0.2, -0.15) is 0 Å². The number of hydrogen-bond acceptors (Lipinski definition) is 2. The lowest BCUT2D eigenvalue weighted by molar-refractivity contribution is 0.136. The maximum absolute atomic E-state index is 3.53. The summed E-state index contributed by atoms with van der Waals surface area (Å²) >= 11 is 0. The molecule has 2 nitrogen and oxygen atoms in total. The van der Waals surface area contributed by atoms with E-state index < -0.39 is 0 Å². The molecule has 2 heteroatoms. The summed E-state index contributed by atoms with van der Waals surface area (Å²) in [4.78, 5) is 2.71. The normalized spacial score (nSPS) is 32.4. The van der Waals surface area contributed by atoms with E-state index in [1.807, 2.05) is 0 Å². The van der Waals surface area contributed by atoms with Crippen molar-refractivity contribution in [2.45, 2.75) is 32.4 Å². The van der Waals surface area contributed by atoms with Crippen molar-refractivity contribution in [2.24, 2.45) is 5.41 Å². The Morgan fingerprint density at radius 3 is 2.59 bits per heavy atom. The van der Waals surface area contributed by atoms with Crippen molar-refractivity contribution in [2.75, 3.05) is 19.6 Å². The fraction of sp³-hybridized carbons (Fsp3) is 0.600. The second kappa shape index (κ2) is 4.11. The van der Waals surface area contributed by atoms with Gasteiger partial charge in [0.15, 0.2) is 0 Å². The maximum Gasteiger partial charge on any atom is 0.0476 e. The maximum atomic E-state index is 3.53. The van der Waals surface area contributed by atoms with Crippen molar-refractivity contribution < 1.29 is 0 Å². The van der Waals surface area contributed by atoms with Gasteiger partial charge in [-0.25, -0.2) is 0 Å². The lowest BCUT2D eigenvalue weighted by Gasteiger charge is -2.37. The van der Waals surface area contributed by atoms with Gasteiger partial charge >= 0.3 is 0 Å². The van der Waals surface area contributed by atoms with Crippen LogP contribution < -0.4 is 5.32 Å². The Morgan fingerprint density at radius 2 is 1.94 bits per heavy atom. The molecule has 0 radical (unpaired) electrons.